The molecule has 0 saturated carbocycles. The van der Waals surface area contributed by atoms with Crippen LogP contribution in [0.1, 0.15) is 10.5 Å². The van der Waals surface area contributed by atoms with Gasteiger partial charge in [-0.15, -0.1) is 0 Å². The van der Waals surface area contributed by atoms with Crippen LogP contribution in [0.15, 0.2) is 53.3 Å². The van der Waals surface area contributed by atoms with Crippen molar-refractivity contribution < 1.29 is 9.90 Å². The van der Waals surface area contributed by atoms with Crippen LogP contribution in [0, 0.1) is 0 Å². The van der Waals surface area contributed by atoms with Crippen LogP contribution in [0.3, 0.4) is 0 Å². The van der Waals surface area contributed by atoms with E-state index >= 15 is 0 Å². The summed E-state index contributed by atoms with van der Waals surface area (Å²) >= 11 is 18.1. The second-order valence-corrected chi connectivity index (χ2v) is 6.34. The summed E-state index contributed by atoms with van der Waals surface area (Å²) in [6.07, 6.45) is 0. The van der Waals surface area contributed by atoms with Crippen LogP contribution in [0.4, 0.5) is 0 Å². The molecule has 3 rings (SSSR count). The molecule has 0 spiro atoms. The van der Waals surface area contributed by atoms with E-state index in [2.05, 4.69) is 5.10 Å². The Hall–Kier alpha value is -2.34. The first-order valence-electron chi connectivity index (χ1n) is 6.96. The van der Waals surface area contributed by atoms with Crippen LogP contribution in [0.5, 0.6) is 0 Å². The number of aromatic carboxylic acids is 1. The number of carboxylic acid groups (broad SMARTS) is 1. The summed E-state index contributed by atoms with van der Waals surface area (Å²) in [5, 5.41) is 14.4. The van der Waals surface area contributed by atoms with Gasteiger partial charge in [0.05, 0.1) is 16.4 Å². The Morgan fingerprint density at radius 2 is 1.60 bits per heavy atom. The van der Waals surface area contributed by atoms with Gasteiger partial charge >= 0.3 is 5.97 Å². The van der Waals surface area contributed by atoms with Gasteiger partial charge in [-0.2, -0.15) is 5.10 Å². The van der Waals surface area contributed by atoms with Gasteiger partial charge in [0, 0.05) is 21.7 Å². The van der Waals surface area contributed by atoms with Crippen molar-refractivity contribution in [3.05, 3.63) is 79.5 Å². The van der Waals surface area contributed by atoms with Crippen LogP contribution in [-0.4, -0.2) is 20.9 Å². The first-order valence-corrected chi connectivity index (χ1v) is 8.09. The van der Waals surface area contributed by atoms with Gasteiger partial charge < -0.3 is 5.11 Å². The molecule has 1 heterocycles. The lowest BCUT2D eigenvalue weighted by molar-refractivity contribution is 0.0687. The van der Waals surface area contributed by atoms with Crippen LogP contribution in [0.2, 0.25) is 15.1 Å². The number of hydrogen-bond acceptors (Lipinski definition) is 3. The summed E-state index contributed by atoms with van der Waals surface area (Å²) in [6, 6.07) is 12.5. The molecular formula is C17H9Cl3N2O3. The van der Waals surface area contributed by atoms with Crippen LogP contribution in [-0.2, 0) is 0 Å². The highest BCUT2D eigenvalue weighted by atomic mass is 35.5. The van der Waals surface area contributed by atoms with E-state index in [4.69, 9.17) is 34.8 Å². The summed E-state index contributed by atoms with van der Waals surface area (Å²) in [5.74, 6) is -1.42. The van der Waals surface area contributed by atoms with Gasteiger partial charge in [0.1, 0.15) is 0 Å². The molecule has 25 heavy (non-hydrogen) atoms. The number of nitrogens with zero attached hydrogens (tertiary/aromatic N) is 2. The van der Waals surface area contributed by atoms with Crippen molar-refractivity contribution in [3.8, 4) is 16.9 Å². The molecule has 0 unspecified atom stereocenters. The fourth-order valence-electron chi connectivity index (χ4n) is 2.27. The quantitative estimate of drug-likeness (QED) is 0.706. The summed E-state index contributed by atoms with van der Waals surface area (Å²) in [7, 11) is 0. The maximum atomic E-state index is 12.1. The molecule has 8 heteroatoms. The van der Waals surface area contributed by atoms with Crippen molar-refractivity contribution in [1.29, 1.82) is 0 Å². The zero-order chi connectivity index (χ0) is 18.1. The highest BCUT2D eigenvalue weighted by Gasteiger charge is 2.18. The molecule has 0 amide bonds. The highest BCUT2D eigenvalue weighted by molar-refractivity contribution is 6.36. The van der Waals surface area contributed by atoms with Crippen molar-refractivity contribution in [1.82, 2.24) is 9.78 Å². The predicted octanol–water partition coefficient (Wildman–Crippen LogP) is 4.56. The Labute approximate surface area is 157 Å². The number of carboxylic acids is 1. The van der Waals surface area contributed by atoms with E-state index in [1.54, 1.807) is 36.4 Å². The molecule has 1 N–H and O–H groups in total. The minimum atomic E-state index is -1.42. The van der Waals surface area contributed by atoms with Crippen molar-refractivity contribution >= 4 is 40.8 Å². The number of aromatic nitrogens is 2. The summed E-state index contributed by atoms with van der Waals surface area (Å²) in [4.78, 5) is 23.4. The predicted molar refractivity (Wildman–Crippen MR) is 97.3 cm³/mol. The summed E-state index contributed by atoms with van der Waals surface area (Å²) in [5.41, 5.74) is 0.0250. The van der Waals surface area contributed by atoms with Crippen LogP contribution >= 0.6 is 34.8 Å². The number of hydrogen-bond donors (Lipinski definition) is 1. The molecule has 2 aromatic carbocycles. The van der Waals surface area contributed by atoms with Crippen molar-refractivity contribution in [2.75, 3.05) is 0 Å². The van der Waals surface area contributed by atoms with E-state index in [9.17, 15) is 14.7 Å². The highest BCUT2D eigenvalue weighted by Crippen LogP contribution is 2.31. The first kappa shape index (κ1) is 17.5. The third kappa shape index (κ3) is 3.54. The normalized spacial score (nSPS) is 10.7. The number of benzene rings is 2. The lowest BCUT2D eigenvalue weighted by Crippen LogP contribution is -2.22. The second-order valence-electron chi connectivity index (χ2n) is 5.06. The van der Waals surface area contributed by atoms with E-state index in [-0.39, 0.29) is 0 Å². The molecule has 0 fully saturated rings. The smallest absolute Gasteiger partial charge is 0.360 e. The Kier molecular flexibility index (Phi) is 4.81. The SMILES string of the molecule is O=C(O)c1nn(-c2ccc(Cl)cc2)c(-c2ccc(Cl)cc2Cl)cc1=O. The van der Waals surface area contributed by atoms with Gasteiger partial charge in [-0.05, 0) is 42.5 Å². The molecule has 5 nitrogen and oxygen atoms in total. The first-order chi connectivity index (χ1) is 11.9. The Balaban J connectivity index is 2.33. The molecular weight excluding hydrogens is 387 g/mol. The lowest BCUT2D eigenvalue weighted by atomic mass is 10.1. The fourth-order valence-corrected chi connectivity index (χ4v) is 2.90. The minimum Gasteiger partial charge on any atom is -0.476 e. The molecule has 0 aliphatic carbocycles. The molecule has 1 aromatic heterocycles. The van der Waals surface area contributed by atoms with E-state index in [1.807, 2.05) is 0 Å². The second kappa shape index (κ2) is 6.88. The number of rotatable bonds is 3. The van der Waals surface area contributed by atoms with Gasteiger partial charge in [0.25, 0.3) is 0 Å². The largest absolute Gasteiger partial charge is 0.476 e. The minimum absolute atomic E-state index is 0.305. The van der Waals surface area contributed by atoms with E-state index in [0.29, 0.717) is 32.0 Å². The van der Waals surface area contributed by atoms with Crippen molar-refractivity contribution in [2.45, 2.75) is 0 Å². The number of carbonyl (C=O) groups is 1. The fraction of sp³-hybridized carbons (Fsp3) is 0. The van der Waals surface area contributed by atoms with Gasteiger partial charge in [0.2, 0.25) is 11.1 Å². The molecule has 3 aromatic rings. The average Bonchev–Trinajstić information content (AvgIpc) is 2.55. The molecule has 0 radical (unpaired) electrons. The standard InChI is InChI=1S/C17H9Cl3N2O3/c18-9-1-4-11(5-2-9)22-14(8-15(23)16(21-22)17(24)25)12-6-3-10(19)7-13(12)20/h1-8H,(H,24,25). The molecule has 0 saturated heterocycles. The third-order valence-corrected chi connectivity index (χ3v) is 4.21. The van der Waals surface area contributed by atoms with Gasteiger partial charge in [0.15, 0.2) is 0 Å². The van der Waals surface area contributed by atoms with Crippen molar-refractivity contribution in [3.63, 3.8) is 0 Å². The third-order valence-electron chi connectivity index (χ3n) is 3.41. The van der Waals surface area contributed by atoms with Crippen molar-refractivity contribution in [2.24, 2.45) is 0 Å². The Morgan fingerprint density at radius 1 is 0.960 bits per heavy atom. The monoisotopic (exact) mass is 394 g/mol. The molecule has 0 bridgehead atoms. The maximum absolute atomic E-state index is 12.1. The van der Waals surface area contributed by atoms with E-state index in [1.165, 1.54) is 16.8 Å². The van der Waals surface area contributed by atoms with Gasteiger partial charge in [-0.25, -0.2) is 9.48 Å². The zero-order valence-corrected chi connectivity index (χ0v) is 14.7. The molecule has 0 aliphatic rings. The topological polar surface area (TPSA) is 72.2 Å². The molecule has 0 aliphatic heterocycles. The van der Waals surface area contributed by atoms with E-state index < -0.39 is 17.1 Å². The van der Waals surface area contributed by atoms with Gasteiger partial charge in [-0.3, -0.25) is 4.79 Å². The molecule has 126 valence electrons. The molecule has 0 atom stereocenters. The zero-order valence-electron chi connectivity index (χ0n) is 12.4. The summed E-state index contributed by atoms with van der Waals surface area (Å²) < 4.78 is 1.33. The van der Waals surface area contributed by atoms with Crippen LogP contribution < -0.4 is 5.43 Å². The Morgan fingerprint density at radius 3 is 2.20 bits per heavy atom. The maximum Gasteiger partial charge on any atom is 0.360 e. The van der Waals surface area contributed by atoms with E-state index in [0.717, 1.165) is 0 Å². The summed E-state index contributed by atoms with van der Waals surface area (Å²) in [6.45, 7) is 0. The average molecular weight is 396 g/mol. The Bertz CT molecular complexity index is 1030. The van der Waals surface area contributed by atoms with Gasteiger partial charge in [-0.1, -0.05) is 34.8 Å². The lowest BCUT2D eigenvalue weighted by Gasteiger charge is -2.14. The van der Waals surface area contributed by atoms with Crippen LogP contribution in [0.25, 0.3) is 16.9 Å². The number of halogens is 3.